The summed E-state index contributed by atoms with van der Waals surface area (Å²) in [6.45, 7) is 1.85. The third-order valence-electron chi connectivity index (χ3n) is 4.52. The number of hydrogen-bond donors (Lipinski definition) is 1. The Labute approximate surface area is 149 Å². The summed E-state index contributed by atoms with van der Waals surface area (Å²) in [5, 5.41) is 17.6. The third-order valence-corrected chi connectivity index (χ3v) is 4.52. The molecule has 1 unspecified atom stereocenters. The number of rotatable bonds is 6. The average Bonchev–Trinajstić information content (AvgIpc) is 3.37. The van der Waals surface area contributed by atoms with Gasteiger partial charge in [0.25, 0.3) is 0 Å². The molecule has 0 spiro atoms. The molecule has 1 aliphatic rings. The summed E-state index contributed by atoms with van der Waals surface area (Å²) < 4.78 is 3.58. The van der Waals surface area contributed by atoms with E-state index >= 15 is 0 Å². The maximum Gasteiger partial charge on any atom is 0.320 e. The number of carboxylic acid groups (broad SMARTS) is 1. The minimum atomic E-state index is -0.765. The summed E-state index contributed by atoms with van der Waals surface area (Å²) in [6.07, 6.45) is 10.5. The molecule has 4 heterocycles. The number of aliphatic carboxylic acids is 1. The van der Waals surface area contributed by atoms with Crippen molar-refractivity contribution in [3.05, 3.63) is 54.5 Å². The molecular formula is C17H19N7O2. The highest BCUT2D eigenvalue weighted by Crippen LogP contribution is 2.19. The van der Waals surface area contributed by atoms with E-state index in [0.29, 0.717) is 19.5 Å². The fraction of sp³-hybridized carbons (Fsp3) is 0.353. The summed E-state index contributed by atoms with van der Waals surface area (Å²) >= 11 is 0. The van der Waals surface area contributed by atoms with Crippen molar-refractivity contribution in [1.82, 2.24) is 34.4 Å². The Bertz CT molecular complexity index is 873. The van der Waals surface area contributed by atoms with Crippen molar-refractivity contribution in [2.24, 2.45) is 0 Å². The molecule has 9 heteroatoms. The Kier molecular flexibility index (Phi) is 4.44. The van der Waals surface area contributed by atoms with E-state index in [9.17, 15) is 9.90 Å². The molecule has 134 valence electrons. The zero-order valence-corrected chi connectivity index (χ0v) is 14.1. The molecule has 1 N–H and O–H groups in total. The van der Waals surface area contributed by atoms with Gasteiger partial charge in [-0.3, -0.25) is 14.3 Å². The highest BCUT2D eigenvalue weighted by Gasteiger charge is 2.30. The molecule has 9 nitrogen and oxygen atoms in total. The molecule has 3 aromatic rings. The first-order chi connectivity index (χ1) is 12.7. The van der Waals surface area contributed by atoms with Gasteiger partial charge in [-0.25, -0.2) is 14.6 Å². The maximum atomic E-state index is 11.3. The summed E-state index contributed by atoms with van der Waals surface area (Å²) in [7, 11) is 0. The third kappa shape index (κ3) is 3.47. The largest absolute Gasteiger partial charge is 0.480 e. The molecular weight excluding hydrogens is 334 g/mol. The van der Waals surface area contributed by atoms with Crippen LogP contribution in [0.3, 0.4) is 0 Å². The van der Waals surface area contributed by atoms with Gasteiger partial charge in [-0.15, -0.1) is 5.10 Å². The van der Waals surface area contributed by atoms with Crippen LogP contribution in [0.15, 0.2) is 43.2 Å². The van der Waals surface area contributed by atoms with Crippen LogP contribution in [0.5, 0.6) is 0 Å². The van der Waals surface area contributed by atoms with Gasteiger partial charge < -0.3 is 5.11 Å². The van der Waals surface area contributed by atoms with Crippen LogP contribution in [-0.2, 0) is 17.9 Å². The molecule has 1 aliphatic heterocycles. The predicted octanol–water partition coefficient (Wildman–Crippen LogP) is 0.956. The zero-order chi connectivity index (χ0) is 17.9. The Morgan fingerprint density at radius 1 is 1.31 bits per heavy atom. The quantitative estimate of drug-likeness (QED) is 0.704. The van der Waals surface area contributed by atoms with Crippen LogP contribution in [0, 0.1) is 0 Å². The molecule has 1 fully saturated rings. The SMILES string of the molecule is O=C(O)C1CCCN1Cc1cn(Cc2ccc(-n3ccnc3)nc2)nn1. The number of pyridine rings is 1. The molecule has 4 rings (SSSR count). The van der Waals surface area contributed by atoms with Gasteiger partial charge in [-0.2, -0.15) is 0 Å². The Morgan fingerprint density at radius 3 is 2.96 bits per heavy atom. The van der Waals surface area contributed by atoms with Crippen LogP contribution < -0.4 is 0 Å². The number of hydrogen-bond acceptors (Lipinski definition) is 6. The van der Waals surface area contributed by atoms with Crippen LogP contribution in [0.1, 0.15) is 24.1 Å². The first-order valence-electron chi connectivity index (χ1n) is 8.48. The van der Waals surface area contributed by atoms with Crippen molar-refractivity contribution in [1.29, 1.82) is 0 Å². The molecule has 1 atom stereocenters. The van der Waals surface area contributed by atoms with Crippen molar-refractivity contribution in [3.8, 4) is 5.82 Å². The van der Waals surface area contributed by atoms with E-state index in [2.05, 4.69) is 20.3 Å². The van der Waals surface area contributed by atoms with E-state index < -0.39 is 12.0 Å². The number of imidazole rings is 1. The Hall–Kier alpha value is -3.07. The summed E-state index contributed by atoms with van der Waals surface area (Å²) in [4.78, 5) is 21.6. The number of carbonyl (C=O) groups is 1. The van der Waals surface area contributed by atoms with Gasteiger partial charge in [-0.05, 0) is 31.0 Å². The number of carboxylic acids is 1. The summed E-state index contributed by atoms with van der Waals surface area (Å²) in [6, 6.07) is 3.50. The lowest BCUT2D eigenvalue weighted by molar-refractivity contribution is -0.142. The van der Waals surface area contributed by atoms with Crippen LogP contribution in [0.4, 0.5) is 0 Å². The van der Waals surface area contributed by atoms with Crippen LogP contribution in [0.2, 0.25) is 0 Å². The molecule has 26 heavy (non-hydrogen) atoms. The fourth-order valence-electron chi connectivity index (χ4n) is 3.24. The molecule has 0 amide bonds. The highest BCUT2D eigenvalue weighted by molar-refractivity contribution is 5.73. The number of aromatic nitrogens is 6. The van der Waals surface area contributed by atoms with E-state index in [0.717, 1.165) is 30.0 Å². The molecule has 3 aromatic heterocycles. The van der Waals surface area contributed by atoms with E-state index in [1.807, 2.05) is 34.0 Å². The van der Waals surface area contributed by atoms with Gasteiger partial charge in [0, 0.05) is 25.1 Å². The van der Waals surface area contributed by atoms with Crippen molar-refractivity contribution in [2.45, 2.75) is 32.0 Å². The predicted molar refractivity (Wildman–Crippen MR) is 91.6 cm³/mol. The zero-order valence-electron chi connectivity index (χ0n) is 14.1. The standard InChI is InChI=1S/C17H19N7O2/c25-17(26)15-2-1-6-22(15)10-14-11-24(21-20-14)9-13-3-4-16(19-8-13)23-7-5-18-12-23/h3-5,7-8,11-12,15H,1-2,6,9-10H2,(H,25,26). The highest BCUT2D eigenvalue weighted by atomic mass is 16.4. The van der Waals surface area contributed by atoms with E-state index in [4.69, 9.17) is 0 Å². The molecule has 0 radical (unpaired) electrons. The van der Waals surface area contributed by atoms with Crippen LogP contribution >= 0.6 is 0 Å². The van der Waals surface area contributed by atoms with Crippen LogP contribution in [0.25, 0.3) is 5.82 Å². The molecule has 0 aromatic carbocycles. The normalized spacial score (nSPS) is 17.6. The van der Waals surface area contributed by atoms with Gasteiger partial charge in [0.05, 0.1) is 18.4 Å². The Morgan fingerprint density at radius 2 is 2.23 bits per heavy atom. The van der Waals surface area contributed by atoms with Gasteiger partial charge in [0.15, 0.2) is 0 Å². The average molecular weight is 353 g/mol. The molecule has 0 saturated carbocycles. The molecule has 0 bridgehead atoms. The monoisotopic (exact) mass is 353 g/mol. The Balaban J connectivity index is 1.40. The van der Waals surface area contributed by atoms with Crippen LogP contribution in [-0.4, -0.2) is 58.1 Å². The minimum absolute atomic E-state index is 0.417. The summed E-state index contributed by atoms with van der Waals surface area (Å²) in [5.41, 5.74) is 1.79. The first-order valence-corrected chi connectivity index (χ1v) is 8.48. The number of nitrogens with zero attached hydrogens (tertiary/aromatic N) is 7. The van der Waals surface area contributed by atoms with E-state index in [1.165, 1.54) is 0 Å². The molecule has 1 saturated heterocycles. The van der Waals surface area contributed by atoms with Crippen molar-refractivity contribution < 1.29 is 9.90 Å². The maximum absolute atomic E-state index is 11.3. The van der Waals surface area contributed by atoms with Gasteiger partial charge in [0.2, 0.25) is 0 Å². The topological polar surface area (TPSA) is 102 Å². The minimum Gasteiger partial charge on any atom is -0.480 e. The van der Waals surface area contributed by atoms with E-state index in [1.54, 1.807) is 23.4 Å². The van der Waals surface area contributed by atoms with Gasteiger partial charge in [-0.1, -0.05) is 11.3 Å². The first kappa shape index (κ1) is 16.4. The second kappa shape index (κ2) is 7.04. The second-order valence-corrected chi connectivity index (χ2v) is 6.37. The summed E-state index contributed by atoms with van der Waals surface area (Å²) in [5.74, 6) is 0.0400. The number of likely N-dealkylation sites (tertiary alicyclic amines) is 1. The fourth-order valence-corrected chi connectivity index (χ4v) is 3.24. The smallest absolute Gasteiger partial charge is 0.320 e. The lowest BCUT2D eigenvalue weighted by Gasteiger charge is -2.19. The van der Waals surface area contributed by atoms with E-state index in [-0.39, 0.29) is 0 Å². The van der Waals surface area contributed by atoms with Crippen molar-refractivity contribution >= 4 is 5.97 Å². The molecule has 0 aliphatic carbocycles. The van der Waals surface area contributed by atoms with Crippen molar-refractivity contribution in [2.75, 3.05) is 6.54 Å². The second-order valence-electron chi connectivity index (χ2n) is 6.37. The lowest BCUT2D eigenvalue weighted by Crippen LogP contribution is -2.35. The van der Waals surface area contributed by atoms with Crippen molar-refractivity contribution in [3.63, 3.8) is 0 Å². The lowest BCUT2D eigenvalue weighted by atomic mass is 10.2. The van der Waals surface area contributed by atoms with Gasteiger partial charge >= 0.3 is 5.97 Å². The van der Waals surface area contributed by atoms with Gasteiger partial charge in [0.1, 0.15) is 18.2 Å².